The number of carbonyl (C=O) groups excluding carboxylic acids is 1. The number of aliphatic hydroxyl groups is 1. The van der Waals surface area contributed by atoms with Gasteiger partial charge in [0.1, 0.15) is 23.0 Å². The second-order valence-electron chi connectivity index (χ2n) is 6.58. The maximum Gasteiger partial charge on any atom is 0.242 e. The number of thiophene rings is 1. The number of rotatable bonds is 6. The van der Waals surface area contributed by atoms with Crippen LogP contribution < -0.4 is 10.2 Å². The number of hydrogen-bond donors (Lipinski definition) is 2. The van der Waals surface area contributed by atoms with Crippen LogP contribution in [0.4, 0.5) is 5.82 Å². The van der Waals surface area contributed by atoms with Crippen LogP contribution in [0.3, 0.4) is 0 Å². The minimum absolute atomic E-state index is 0.0189. The summed E-state index contributed by atoms with van der Waals surface area (Å²) in [5.41, 5.74) is 0. The van der Waals surface area contributed by atoms with Crippen molar-refractivity contribution in [3.63, 3.8) is 0 Å². The van der Waals surface area contributed by atoms with E-state index in [9.17, 15) is 9.90 Å². The van der Waals surface area contributed by atoms with Crippen molar-refractivity contribution in [1.82, 2.24) is 15.3 Å². The van der Waals surface area contributed by atoms with Gasteiger partial charge in [-0.2, -0.15) is 0 Å². The number of aromatic nitrogens is 2. The van der Waals surface area contributed by atoms with E-state index in [-0.39, 0.29) is 24.0 Å². The molecule has 1 aliphatic heterocycles. The van der Waals surface area contributed by atoms with Gasteiger partial charge >= 0.3 is 0 Å². The molecule has 3 rings (SSSR count). The van der Waals surface area contributed by atoms with Gasteiger partial charge in [-0.3, -0.25) is 4.79 Å². The average Bonchev–Trinajstić information content (AvgIpc) is 3.23. The number of aliphatic hydroxyl groups excluding tert-OH is 1. The Morgan fingerprint density at radius 3 is 3.12 bits per heavy atom. The highest BCUT2D eigenvalue weighted by molar-refractivity contribution is 7.16. The Morgan fingerprint density at radius 2 is 2.33 bits per heavy atom. The molecule has 24 heavy (non-hydrogen) atoms. The zero-order chi connectivity index (χ0) is 17.1. The highest BCUT2D eigenvalue weighted by Gasteiger charge is 2.32. The maximum absolute atomic E-state index is 12.6. The van der Waals surface area contributed by atoms with Gasteiger partial charge in [-0.05, 0) is 36.6 Å². The fraction of sp³-hybridized carbons (Fsp3) is 0.588. The van der Waals surface area contributed by atoms with E-state index in [1.54, 1.807) is 17.7 Å². The van der Waals surface area contributed by atoms with Crippen molar-refractivity contribution < 1.29 is 9.90 Å². The molecular weight excluding hydrogens is 324 g/mol. The SMILES string of the molecule is CC(C)C(O)CCNC(=O)C1CCCN1c1ncnc2sccc12. The number of fused-ring (bicyclic) bond motifs is 1. The molecule has 2 aromatic rings. The summed E-state index contributed by atoms with van der Waals surface area (Å²) in [6.07, 6.45) is 3.58. The molecule has 1 aliphatic rings. The molecular formula is C17H24N4O2S. The van der Waals surface area contributed by atoms with Crippen LogP contribution in [0.15, 0.2) is 17.8 Å². The normalized spacial score (nSPS) is 19.2. The molecule has 2 atom stereocenters. The van der Waals surface area contributed by atoms with E-state index in [0.717, 1.165) is 35.4 Å². The van der Waals surface area contributed by atoms with E-state index >= 15 is 0 Å². The molecule has 0 radical (unpaired) electrons. The highest BCUT2D eigenvalue weighted by Crippen LogP contribution is 2.31. The van der Waals surface area contributed by atoms with Crippen LogP contribution in [0.2, 0.25) is 0 Å². The van der Waals surface area contributed by atoms with E-state index in [2.05, 4.69) is 20.2 Å². The van der Waals surface area contributed by atoms with E-state index < -0.39 is 0 Å². The maximum atomic E-state index is 12.6. The third-order valence-electron chi connectivity index (χ3n) is 4.58. The predicted octanol–water partition coefficient (Wildman–Crippen LogP) is 2.18. The minimum atomic E-state index is -0.378. The molecule has 2 aromatic heterocycles. The second kappa shape index (κ2) is 7.44. The number of nitrogens with zero attached hydrogens (tertiary/aromatic N) is 3. The largest absolute Gasteiger partial charge is 0.393 e. The number of anilines is 1. The minimum Gasteiger partial charge on any atom is -0.393 e. The third-order valence-corrected chi connectivity index (χ3v) is 5.40. The zero-order valence-electron chi connectivity index (χ0n) is 14.1. The summed E-state index contributed by atoms with van der Waals surface area (Å²) in [7, 11) is 0. The Hall–Kier alpha value is -1.73. The van der Waals surface area contributed by atoms with Gasteiger partial charge in [0, 0.05) is 13.1 Å². The molecule has 1 fully saturated rings. The van der Waals surface area contributed by atoms with Crippen molar-refractivity contribution in [1.29, 1.82) is 0 Å². The van der Waals surface area contributed by atoms with Gasteiger partial charge in [-0.1, -0.05) is 13.8 Å². The molecule has 0 spiro atoms. The van der Waals surface area contributed by atoms with Gasteiger partial charge in [0.15, 0.2) is 0 Å². The number of nitrogens with one attached hydrogen (secondary N) is 1. The summed E-state index contributed by atoms with van der Waals surface area (Å²) >= 11 is 1.58. The van der Waals surface area contributed by atoms with Crippen LogP contribution in [0.1, 0.15) is 33.1 Å². The lowest BCUT2D eigenvalue weighted by Gasteiger charge is -2.25. The summed E-state index contributed by atoms with van der Waals surface area (Å²) in [4.78, 5) is 24.3. The van der Waals surface area contributed by atoms with Gasteiger partial charge in [0.2, 0.25) is 5.91 Å². The number of hydrogen-bond acceptors (Lipinski definition) is 6. The van der Waals surface area contributed by atoms with Crippen molar-refractivity contribution in [3.05, 3.63) is 17.8 Å². The fourth-order valence-corrected chi connectivity index (χ4v) is 3.82. The molecule has 1 amide bonds. The van der Waals surface area contributed by atoms with E-state index in [1.165, 1.54) is 0 Å². The molecule has 3 heterocycles. The van der Waals surface area contributed by atoms with Gasteiger partial charge in [0.25, 0.3) is 0 Å². The Labute approximate surface area is 145 Å². The Kier molecular flexibility index (Phi) is 5.30. The van der Waals surface area contributed by atoms with E-state index in [0.29, 0.717) is 13.0 Å². The van der Waals surface area contributed by atoms with Crippen molar-refractivity contribution in [2.75, 3.05) is 18.0 Å². The van der Waals surface area contributed by atoms with E-state index in [1.807, 2.05) is 25.3 Å². The van der Waals surface area contributed by atoms with Crippen LogP contribution in [0, 0.1) is 5.92 Å². The van der Waals surface area contributed by atoms with Gasteiger partial charge in [-0.25, -0.2) is 9.97 Å². The third kappa shape index (κ3) is 3.52. The average molecular weight is 348 g/mol. The lowest BCUT2D eigenvalue weighted by Crippen LogP contribution is -2.44. The molecule has 0 aromatic carbocycles. The molecule has 2 N–H and O–H groups in total. The standard InChI is InChI=1S/C17H24N4O2S/c1-11(2)14(22)5-7-18-16(23)13-4-3-8-21(13)15-12-6-9-24-17(12)20-10-19-15/h6,9-11,13-14,22H,3-5,7-8H2,1-2H3,(H,18,23). The fourth-order valence-electron chi connectivity index (χ4n) is 3.09. The van der Waals surface area contributed by atoms with Gasteiger partial charge < -0.3 is 15.3 Å². The van der Waals surface area contributed by atoms with Crippen LogP contribution >= 0.6 is 11.3 Å². The molecule has 6 nitrogen and oxygen atoms in total. The second-order valence-corrected chi connectivity index (χ2v) is 7.47. The highest BCUT2D eigenvalue weighted by atomic mass is 32.1. The first-order chi connectivity index (χ1) is 11.6. The summed E-state index contributed by atoms with van der Waals surface area (Å²) in [6.45, 7) is 5.29. The van der Waals surface area contributed by atoms with Crippen molar-refractivity contribution in [3.8, 4) is 0 Å². The first-order valence-corrected chi connectivity index (χ1v) is 9.36. The van der Waals surface area contributed by atoms with Gasteiger partial charge in [-0.15, -0.1) is 11.3 Å². The first kappa shape index (κ1) is 17.1. The Bertz CT molecular complexity index is 703. The Balaban J connectivity index is 1.67. The summed E-state index contributed by atoms with van der Waals surface area (Å²) < 4.78 is 0. The number of carbonyl (C=O) groups is 1. The van der Waals surface area contributed by atoms with Crippen LogP contribution in [-0.4, -0.2) is 46.2 Å². The molecule has 2 unspecified atom stereocenters. The molecule has 0 aliphatic carbocycles. The number of amides is 1. The summed E-state index contributed by atoms with van der Waals surface area (Å²) in [5.74, 6) is 1.07. The van der Waals surface area contributed by atoms with Crippen LogP contribution in [-0.2, 0) is 4.79 Å². The summed E-state index contributed by atoms with van der Waals surface area (Å²) in [6, 6.07) is 1.82. The van der Waals surface area contributed by atoms with Crippen LogP contribution in [0.5, 0.6) is 0 Å². The smallest absolute Gasteiger partial charge is 0.242 e. The van der Waals surface area contributed by atoms with Crippen LogP contribution in [0.25, 0.3) is 10.2 Å². The molecule has 0 bridgehead atoms. The monoisotopic (exact) mass is 348 g/mol. The topological polar surface area (TPSA) is 78.4 Å². The van der Waals surface area contributed by atoms with E-state index in [4.69, 9.17) is 0 Å². The zero-order valence-corrected chi connectivity index (χ0v) is 14.9. The quantitative estimate of drug-likeness (QED) is 0.837. The molecule has 7 heteroatoms. The summed E-state index contributed by atoms with van der Waals surface area (Å²) in [5, 5.41) is 15.8. The Morgan fingerprint density at radius 1 is 1.50 bits per heavy atom. The lowest BCUT2D eigenvalue weighted by atomic mass is 10.0. The first-order valence-electron chi connectivity index (χ1n) is 8.48. The molecule has 1 saturated heterocycles. The molecule has 130 valence electrons. The van der Waals surface area contributed by atoms with Crippen molar-refractivity contribution in [2.24, 2.45) is 5.92 Å². The van der Waals surface area contributed by atoms with Crippen molar-refractivity contribution in [2.45, 2.75) is 45.3 Å². The molecule has 0 saturated carbocycles. The van der Waals surface area contributed by atoms with Gasteiger partial charge in [0.05, 0.1) is 11.5 Å². The van der Waals surface area contributed by atoms with Crippen molar-refractivity contribution >= 4 is 33.3 Å². The predicted molar refractivity (Wildman–Crippen MR) is 96.3 cm³/mol. The lowest BCUT2D eigenvalue weighted by molar-refractivity contribution is -0.122.